The van der Waals surface area contributed by atoms with Crippen molar-refractivity contribution in [3.63, 3.8) is 0 Å². The lowest BCUT2D eigenvalue weighted by molar-refractivity contribution is 0.106. The van der Waals surface area contributed by atoms with Crippen LogP contribution in [-0.4, -0.2) is 39.5 Å². The van der Waals surface area contributed by atoms with Gasteiger partial charge in [-0.05, 0) is 42.5 Å². The second-order valence-electron chi connectivity index (χ2n) is 4.29. The van der Waals surface area contributed by atoms with Crippen molar-refractivity contribution >= 4 is 5.69 Å². The lowest BCUT2D eigenvalue weighted by atomic mass is 10.2. The average molecular weight is 265 g/mol. The van der Waals surface area contributed by atoms with Gasteiger partial charge in [0.15, 0.2) is 0 Å². The monoisotopic (exact) mass is 265 g/mol. The molecule has 7 heteroatoms. The molecular formula is C12H16FN5O. The number of tetrazole rings is 1. The fourth-order valence-electron chi connectivity index (χ4n) is 1.61. The molecule has 6 nitrogen and oxygen atoms in total. The quantitative estimate of drug-likeness (QED) is 0.890. The van der Waals surface area contributed by atoms with E-state index in [-0.39, 0.29) is 18.0 Å². The fourth-order valence-corrected chi connectivity index (χ4v) is 1.61. The zero-order valence-corrected chi connectivity index (χ0v) is 11.0. The number of methoxy groups -OCH3 is 1. The molecule has 1 aromatic heterocycles. The third kappa shape index (κ3) is 3.05. The predicted octanol–water partition coefficient (Wildman–Crippen LogP) is 1.64. The Morgan fingerprint density at radius 1 is 1.37 bits per heavy atom. The summed E-state index contributed by atoms with van der Waals surface area (Å²) in [4.78, 5) is 0. The van der Waals surface area contributed by atoms with Crippen molar-refractivity contribution in [2.24, 2.45) is 0 Å². The molecule has 2 rings (SSSR count). The molecular weight excluding hydrogens is 249 g/mol. The summed E-state index contributed by atoms with van der Waals surface area (Å²) < 4.78 is 20.4. The SMILES string of the molecule is COC(C)C(C)Nc1cc(-n2cnnn2)ccc1F. The number of benzene rings is 1. The number of ether oxygens (including phenoxy) is 1. The summed E-state index contributed by atoms with van der Waals surface area (Å²) in [7, 11) is 1.62. The van der Waals surface area contributed by atoms with E-state index in [1.165, 1.54) is 17.1 Å². The van der Waals surface area contributed by atoms with Crippen LogP contribution in [0.3, 0.4) is 0 Å². The summed E-state index contributed by atoms with van der Waals surface area (Å²) in [5.41, 5.74) is 1.08. The number of nitrogens with zero attached hydrogens (tertiary/aromatic N) is 4. The molecule has 102 valence electrons. The van der Waals surface area contributed by atoms with Crippen molar-refractivity contribution in [3.8, 4) is 5.69 Å². The molecule has 2 atom stereocenters. The molecule has 0 aliphatic carbocycles. The lowest BCUT2D eigenvalue weighted by Crippen LogP contribution is -2.30. The van der Waals surface area contributed by atoms with Crippen molar-refractivity contribution in [2.45, 2.75) is 26.0 Å². The summed E-state index contributed by atoms with van der Waals surface area (Å²) >= 11 is 0. The summed E-state index contributed by atoms with van der Waals surface area (Å²) in [6.07, 6.45) is 1.43. The third-order valence-corrected chi connectivity index (χ3v) is 3.02. The second-order valence-corrected chi connectivity index (χ2v) is 4.29. The molecule has 0 saturated carbocycles. The van der Waals surface area contributed by atoms with E-state index in [1.807, 2.05) is 13.8 Å². The first kappa shape index (κ1) is 13.4. The van der Waals surface area contributed by atoms with Crippen molar-refractivity contribution in [1.29, 1.82) is 0 Å². The van der Waals surface area contributed by atoms with Crippen molar-refractivity contribution < 1.29 is 9.13 Å². The van der Waals surface area contributed by atoms with Gasteiger partial charge in [-0.25, -0.2) is 9.07 Å². The molecule has 2 unspecified atom stereocenters. The van der Waals surface area contributed by atoms with Crippen molar-refractivity contribution in [2.75, 3.05) is 12.4 Å². The second kappa shape index (κ2) is 5.75. The van der Waals surface area contributed by atoms with Gasteiger partial charge in [0, 0.05) is 13.2 Å². The standard InChI is InChI=1S/C12H16FN5O/c1-8(9(2)19-3)15-12-6-10(4-5-11(12)13)18-7-14-16-17-18/h4-9,15H,1-3H3. The minimum absolute atomic E-state index is 0.0244. The van der Waals surface area contributed by atoms with Crippen molar-refractivity contribution in [3.05, 3.63) is 30.3 Å². The minimum atomic E-state index is -0.327. The zero-order chi connectivity index (χ0) is 13.8. The summed E-state index contributed by atoms with van der Waals surface area (Å²) in [6.45, 7) is 3.85. The van der Waals surface area contributed by atoms with E-state index < -0.39 is 0 Å². The Morgan fingerprint density at radius 3 is 2.79 bits per heavy atom. The highest BCUT2D eigenvalue weighted by molar-refractivity contribution is 5.52. The molecule has 1 aromatic carbocycles. The lowest BCUT2D eigenvalue weighted by Gasteiger charge is -2.21. The number of nitrogens with one attached hydrogen (secondary N) is 1. The number of aromatic nitrogens is 4. The molecule has 0 spiro atoms. The molecule has 2 aromatic rings. The first-order valence-corrected chi connectivity index (χ1v) is 5.94. The van der Waals surface area contributed by atoms with E-state index in [0.29, 0.717) is 11.4 Å². The van der Waals surface area contributed by atoms with Crippen molar-refractivity contribution in [1.82, 2.24) is 20.2 Å². The topological polar surface area (TPSA) is 64.9 Å². The first-order valence-electron chi connectivity index (χ1n) is 5.94. The van der Waals surface area contributed by atoms with Gasteiger partial charge in [0.2, 0.25) is 0 Å². The van der Waals surface area contributed by atoms with E-state index in [1.54, 1.807) is 19.2 Å². The molecule has 0 radical (unpaired) electrons. The maximum Gasteiger partial charge on any atom is 0.146 e. The smallest absolute Gasteiger partial charge is 0.146 e. The first-order chi connectivity index (χ1) is 9.11. The molecule has 0 amide bonds. The van der Waals surface area contributed by atoms with Crippen LogP contribution in [0, 0.1) is 5.82 Å². The maximum absolute atomic E-state index is 13.8. The maximum atomic E-state index is 13.8. The van der Waals surface area contributed by atoms with E-state index in [0.717, 1.165) is 0 Å². The Kier molecular flexibility index (Phi) is 4.06. The number of rotatable bonds is 5. The normalized spacial score (nSPS) is 14.1. The van der Waals surface area contributed by atoms with Gasteiger partial charge in [-0.1, -0.05) is 0 Å². The Balaban J connectivity index is 2.23. The number of halogens is 1. The van der Waals surface area contributed by atoms with Gasteiger partial charge in [0.25, 0.3) is 0 Å². The highest BCUT2D eigenvalue weighted by atomic mass is 19.1. The van der Waals surface area contributed by atoms with Gasteiger partial charge < -0.3 is 10.1 Å². The van der Waals surface area contributed by atoms with Crippen LogP contribution in [0.4, 0.5) is 10.1 Å². The van der Waals surface area contributed by atoms with Crippen LogP contribution in [0.5, 0.6) is 0 Å². The Morgan fingerprint density at radius 2 is 2.16 bits per heavy atom. The van der Waals surface area contributed by atoms with Gasteiger partial charge in [-0.15, -0.1) is 5.10 Å². The highest BCUT2D eigenvalue weighted by Crippen LogP contribution is 2.20. The van der Waals surface area contributed by atoms with Crippen LogP contribution in [0.1, 0.15) is 13.8 Å². The van der Waals surface area contributed by atoms with E-state index >= 15 is 0 Å². The van der Waals surface area contributed by atoms with Crippen LogP contribution in [-0.2, 0) is 4.74 Å². The van der Waals surface area contributed by atoms with Crippen LogP contribution in [0.15, 0.2) is 24.5 Å². The van der Waals surface area contributed by atoms with Gasteiger partial charge in [-0.3, -0.25) is 0 Å². The summed E-state index contributed by atoms with van der Waals surface area (Å²) in [5, 5.41) is 14.0. The van der Waals surface area contributed by atoms with Gasteiger partial charge >= 0.3 is 0 Å². The van der Waals surface area contributed by atoms with Crippen LogP contribution in [0.2, 0.25) is 0 Å². The number of anilines is 1. The molecule has 1 N–H and O–H groups in total. The van der Waals surface area contributed by atoms with Crippen LogP contribution < -0.4 is 5.32 Å². The van der Waals surface area contributed by atoms with E-state index in [2.05, 4.69) is 20.8 Å². The van der Waals surface area contributed by atoms with E-state index in [9.17, 15) is 4.39 Å². The highest BCUT2D eigenvalue weighted by Gasteiger charge is 2.13. The fraction of sp³-hybridized carbons (Fsp3) is 0.417. The van der Waals surface area contributed by atoms with Gasteiger partial charge in [0.05, 0.1) is 17.5 Å². The molecule has 0 aliphatic rings. The average Bonchev–Trinajstić information content (AvgIpc) is 2.94. The Labute approximate surface area is 110 Å². The molecule has 0 saturated heterocycles. The molecule has 1 heterocycles. The third-order valence-electron chi connectivity index (χ3n) is 3.02. The minimum Gasteiger partial charge on any atom is -0.380 e. The number of hydrogen-bond donors (Lipinski definition) is 1. The molecule has 0 bridgehead atoms. The number of hydrogen-bond acceptors (Lipinski definition) is 5. The van der Waals surface area contributed by atoms with Gasteiger partial charge in [-0.2, -0.15) is 0 Å². The van der Waals surface area contributed by atoms with Gasteiger partial charge in [0.1, 0.15) is 12.1 Å². The molecule has 0 aliphatic heterocycles. The summed E-state index contributed by atoms with van der Waals surface area (Å²) in [5.74, 6) is -0.327. The summed E-state index contributed by atoms with van der Waals surface area (Å²) in [6, 6.07) is 4.62. The molecule has 0 fully saturated rings. The predicted molar refractivity (Wildman–Crippen MR) is 68.7 cm³/mol. The Hall–Kier alpha value is -2.02. The van der Waals surface area contributed by atoms with Crippen LogP contribution >= 0.6 is 0 Å². The van der Waals surface area contributed by atoms with E-state index in [4.69, 9.17) is 4.74 Å². The van der Waals surface area contributed by atoms with Crippen LogP contribution in [0.25, 0.3) is 5.69 Å². The molecule has 19 heavy (non-hydrogen) atoms. The zero-order valence-electron chi connectivity index (χ0n) is 11.0. The Bertz CT molecular complexity index is 531. The largest absolute Gasteiger partial charge is 0.380 e.